The van der Waals surface area contributed by atoms with Crippen molar-refractivity contribution in [3.05, 3.63) is 0 Å². The number of ether oxygens (including phenoxy) is 1. The van der Waals surface area contributed by atoms with Crippen molar-refractivity contribution in [3.63, 3.8) is 0 Å². The van der Waals surface area contributed by atoms with Gasteiger partial charge in [-0.05, 0) is 45.4 Å². The van der Waals surface area contributed by atoms with Gasteiger partial charge in [0.1, 0.15) is 6.10 Å². The van der Waals surface area contributed by atoms with Gasteiger partial charge in [0.2, 0.25) is 0 Å². The minimum atomic E-state index is -0.875. The fourth-order valence-electron chi connectivity index (χ4n) is 5.71. The van der Waals surface area contributed by atoms with Gasteiger partial charge in [0.15, 0.2) is 0 Å². The largest absolute Gasteiger partial charge is 0.481 e. The number of hydrogen-bond acceptors (Lipinski definition) is 3. The SMILES string of the molecule is CCCCCCCCCCCC(CCCCCCCCCC)OC(=O)C1(C)CCCCC1C(=O)O. The van der Waals surface area contributed by atoms with Gasteiger partial charge in [-0.15, -0.1) is 0 Å². The summed E-state index contributed by atoms with van der Waals surface area (Å²) in [7, 11) is 0. The smallest absolute Gasteiger partial charge is 0.312 e. The predicted octanol–water partition coefficient (Wildman–Crippen LogP) is 9.63. The molecular formula is C31H58O4. The normalized spacial score (nSPS) is 21.1. The molecule has 0 heterocycles. The van der Waals surface area contributed by atoms with E-state index in [0.717, 1.165) is 38.5 Å². The highest BCUT2D eigenvalue weighted by molar-refractivity contribution is 5.84. The third-order valence-electron chi connectivity index (χ3n) is 8.26. The molecule has 1 rings (SSSR count). The quantitative estimate of drug-likeness (QED) is 0.120. The van der Waals surface area contributed by atoms with Crippen LogP contribution in [0.5, 0.6) is 0 Å². The van der Waals surface area contributed by atoms with Crippen molar-refractivity contribution >= 4 is 11.9 Å². The Bertz CT molecular complexity index is 546. The van der Waals surface area contributed by atoms with Gasteiger partial charge in [-0.1, -0.05) is 123 Å². The van der Waals surface area contributed by atoms with Crippen molar-refractivity contribution in [3.8, 4) is 0 Å². The van der Waals surface area contributed by atoms with Crippen LogP contribution in [0.25, 0.3) is 0 Å². The molecule has 0 saturated heterocycles. The van der Waals surface area contributed by atoms with Gasteiger partial charge in [0.05, 0.1) is 11.3 Å². The molecule has 0 bridgehead atoms. The Morgan fingerprint density at radius 1 is 0.743 bits per heavy atom. The van der Waals surface area contributed by atoms with E-state index >= 15 is 0 Å². The van der Waals surface area contributed by atoms with Gasteiger partial charge in [-0.2, -0.15) is 0 Å². The summed E-state index contributed by atoms with van der Waals surface area (Å²) in [5.74, 6) is -1.71. The predicted molar refractivity (Wildman–Crippen MR) is 147 cm³/mol. The summed E-state index contributed by atoms with van der Waals surface area (Å²) in [6.45, 7) is 6.34. The maximum absolute atomic E-state index is 13.3. The Hall–Kier alpha value is -1.06. The molecule has 0 aliphatic heterocycles. The van der Waals surface area contributed by atoms with E-state index < -0.39 is 17.3 Å². The number of carbonyl (C=O) groups is 2. The average molecular weight is 495 g/mol. The van der Waals surface area contributed by atoms with E-state index in [1.807, 2.05) is 6.92 Å². The number of rotatable bonds is 22. The van der Waals surface area contributed by atoms with Crippen molar-refractivity contribution < 1.29 is 19.4 Å². The van der Waals surface area contributed by atoms with Crippen LogP contribution in [0.15, 0.2) is 0 Å². The van der Waals surface area contributed by atoms with E-state index in [4.69, 9.17) is 4.74 Å². The number of carboxylic acid groups (broad SMARTS) is 1. The molecule has 1 aliphatic carbocycles. The molecule has 3 atom stereocenters. The molecule has 4 nitrogen and oxygen atoms in total. The fraction of sp³-hybridized carbons (Fsp3) is 0.935. The van der Waals surface area contributed by atoms with Crippen LogP contribution in [0.2, 0.25) is 0 Å². The molecule has 0 aromatic heterocycles. The lowest BCUT2D eigenvalue weighted by atomic mass is 9.67. The molecule has 0 radical (unpaired) electrons. The van der Waals surface area contributed by atoms with Crippen LogP contribution < -0.4 is 0 Å². The minimum Gasteiger partial charge on any atom is -0.481 e. The van der Waals surface area contributed by atoms with Crippen LogP contribution in [-0.4, -0.2) is 23.1 Å². The summed E-state index contributed by atoms with van der Waals surface area (Å²) >= 11 is 0. The molecule has 1 aliphatic rings. The molecule has 0 aromatic rings. The Morgan fingerprint density at radius 3 is 1.60 bits per heavy atom. The van der Waals surface area contributed by atoms with E-state index in [9.17, 15) is 14.7 Å². The van der Waals surface area contributed by atoms with Gasteiger partial charge in [-0.3, -0.25) is 9.59 Å². The molecule has 206 valence electrons. The molecule has 1 N–H and O–H groups in total. The van der Waals surface area contributed by atoms with Crippen molar-refractivity contribution in [2.24, 2.45) is 11.3 Å². The first-order valence-corrected chi connectivity index (χ1v) is 15.4. The molecule has 3 unspecified atom stereocenters. The summed E-state index contributed by atoms with van der Waals surface area (Å²) in [6, 6.07) is 0. The minimum absolute atomic E-state index is 0.0552. The Morgan fingerprint density at radius 2 is 1.17 bits per heavy atom. The molecule has 0 amide bonds. The van der Waals surface area contributed by atoms with Crippen LogP contribution in [0.3, 0.4) is 0 Å². The van der Waals surface area contributed by atoms with E-state index in [0.29, 0.717) is 12.8 Å². The van der Waals surface area contributed by atoms with Crippen molar-refractivity contribution in [1.29, 1.82) is 0 Å². The lowest BCUT2D eigenvalue weighted by Crippen LogP contribution is -2.44. The summed E-state index contributed by atoms with van der Waals surface area (Å²) < 4.78 is 6.10. The Kier molecular flexibility index (Phi) is 18.3. The summed E-state index contributed by atoms with van der Waals surface area (Å²) in [4.78, 5) is 25.1. The number of carbonyl (C=O) groups excluding carboxylic acids is 1. The zero-order chi connectivity index (χ0) is 25.8. The van der Waals surface area contributed by atoms with Gasteiger partial charge in [0.25, 0.3) is 0 Å². The standard InChI is InChI=1S/C31H58O4/c1-4-6-8-10-12-14-16-18-20-24-27(23-19-17-15-13-11-9-7-5-2)35-30(34)31(3)26-22-21-25-28(31)29(32)33/h27-28H,4-26H2,1-3H3,(H,32,33). The van der Waals surface area contributed by atoms with Crippen molar-refractivity contribution in [1.82, 2.24) is 0 Å². The molecule has 1 fully saturated rings. The molecule has 0 aromatic carbocycles. The number of carboxylic acids is 1. The van der Waals surface area contributed by atoms with Crippen LogP contribution in [0.4, 0.5) is 0 Å². The zero-order valence-corrected chi connectivity index (χ0v) is 23.6. The second kappa shape index (κ2) is 20.0. The third-order valence-corrected chi connectivity index (χ3v) is 8.26. The summed E-state index contributed by atoms with van der Waals surface area (Å²) in [6.07, 6.45) is 26.6. The second-order valence-corrected chi connectivity index (χ2v) is 11.5. The number of hydrogen-bond donors (Lipinski definition) is 1. The highest BCUT2D eigenvalue weighted by Gasteiger charge is 2.48. The van der Waals surface area contributed by atoms with Crippen LogP contribution in [0, 0.1) is 11.3 Å². The number of unbranched alkanes of at least 4 members (excludes halogenated alkanes) is 15. The van der Waals surface area contributed by atoms with Gasteiger partial charge in [-0.25, -0.2) is 0 Å². The van der Waals surface area contributed by atoms with Crippen molar-refractivity contribution in [2.75, 3.05) is 0 Å². The molecule has 4 heteroatoms. The van der Waals surface area contributed by atoms with E-state index in [-0.39, 0.29) is 12.1 Å². The monoisotopic (exact) mass is 494 g/mol. The summed E-state index contributed by atoms with van der Waals surface area (Å²) in [5.41, 5.74) is -0.875. The highest BCUT2D eigenvalue weighted by Crippen LogP contribution is 2.42. The summed E-state index contributed by atoms with van der Waals surface area (Å²) in [5, 5.41) is 9.72. The first kappa shape index (κ1) is 32.0. The van der Waals surface area contributed by atoms with Gasteiger partial charge >= 0.3 is 11.9 Å². The highest BCUT2D eigenvalue weighted by atomic mass is 16.5. The maximum atomic E-state index is 13.3. The van der Waals surface area contributed by atoms with Gasteiger partial charge in [0, 0.05) is 0 Å². The lowest BCUT2D eigenvalue weighted by Gasteiger charge is -2.37. The van der Waals surface area contributed by atoms with Gasteiger partial charge < -0.3 is 9.84 Å². The van der Waals surface area contributed by atoms with E-state index in [2.05, 4.69) is 13.8 Å². The molecule has 1 saturated carbocycles. The molecule has 0 spiro atoms. The Labute approximate surface area is 217 Å². The van der Waals surface area contributed by atoms with Crippen LogP contribution in [-0.2, 0) is 14.3 Å². The zero-order valence-electron chi connectivity index (χ0n) is 23.6. The fourth-order valence-corrected chi connectivity index (χ4v) is 5.71. The first-order valence-electron chi connectivity index (χ1n) is 15.4. The van der Waals surface area contributed by atoms with E-state index in [1.165, 1.54) is 96.3 Å². The average Bonchev–Trinajstić information content (AvgIpc) is 2.84. The van der Waals surface area contributed by atoms with E-state index in [1.54, 1.807) is 0 Å². The first-order chi connectivity index (χ1) is 17.0. The van der Waals surface area contributed by atoms with Crippen LogP contribution >= 0.6 is 0 Å². The van der Waals surface area contributed by atoms with Crippen LogP contribution in [0.1, 0.15) is 168 Å². The lowest BCUT2D eigenvalue weighted by molar-refractivity contribution is -0.174. The molecular weight excluding hydrogens is 436 g/mol. The number of aliphatic carboxylic acids is 1. The van der Waals surface area contributed by atoms with Crippen molar-refractivity contribution in [2.45, 2.75) is 175 Å². The third kappa shape index (κ3) is 13.7. The second-order valence-electron chi connectivity index (χ2n) is 11.5. The number of esters is 1. The Balaban J connectivity index is 2.47. The maximum Gasteiger partial charge on any atom is 0.312 e. The molecule has 35 heavy (non-hydrogen) atoms. The topological polar surface area (TPSA) is 63.6 Å².